The maximum Gasteiger partial charge on any atom is 0.335 e. The highest BCUT2D eigenvalue weighted by molar-refractivity contribution is 7.92. The minimum Gasteiger partial charge on any atom is -0.497 e. The number of methoxy groups -OCH3 is 1. The number of hydrogen-bond donors (Lipinski definition) is 2. The molecule has 0 saturated heterocycles. The van der Waals surface area contributed by atoms with Gasteiger partial charge in [0.15, 0.2) is 0 Å². The number of rotatable bonds is 9. The van der Waals surface area contributed by atoms with E-state index in [1.165, 1.54) is 19.2 Å². The molecule has 3 aromatic rings. The van der Waals surface area contributed by atoms with Crippen molar-refractivity contribution < 1.29 is 23.1 Å². The average Bonchev–Trinajstić information content (AvgIpc) is 2.75. The zero-order valence-electron chi connectivity index (χ0n) is 16.5. The van der Waals surface area contributed by atoms with E-state index in [2.05, 4.69) is 4.72 Å². The first-order valence-corrected chi connectivity index (χ1v) is 10.9. The molecule has 0 aliphatic heterocycles. The molecule has 3 rings (SSSR count). The molecule has 30 heavy (non-hydrogen) atoms. The van der Waals surface area contributed by atoms with Crippen LogP contribution in [0.4, 0.5) is 5.69 Å². The molecule has 6 nitrogen and oxygen atoms in total. The highest BCUT2D eigenvalue weighted by Crippen LogP contribution is 2.24. The number of anilines is 1. The molecular weight excluding hydrogens is 402 g/mol. The third kappa shape index (κ3) is 5.18. The van der Waals surface area contributed by atoms with Crippen LogP contribution in [0.3, 0.4) is 0 Å². The molecule has 0 atom stereocenters. The molecule has 3 aromatic carbocycles. The molecule has 0 saturated carbocycles. The first kappa shape index (κ1) is 21.4. The summed E-state index contributed by atoms with van der Waals surface area (Å²) in [6.45, 7) is 0. The molecule has 0 heterocycles. The Morgan fingerprint density at radius 3 is 2.33 bits per heavy atom. The van der Waals surface area contributed by atoms with Crippen molar-refractivity contribution in [2.24, 2.45) is 0 Å². The number of aromatic carboxylic acids is 1. The van der Waals surface area contributed by atoms with Crippen LogP contribution in [0.15, 0.2) is 77.7 Å². The van der Waals surface area contributed by atoms with Gasteiger partial charge in [0, 0.05) is 6.07 Å². The van der Waals surface area contributed by atoms with Gasteiger partial charge in [-0.3, -0.25) is 4.72 Å². The van der Waals surface area contributed by atoms with Crippen molar-refractivity contribution in [1.29, 1.82) is 0 Å². The minimum atomic E-state index is -3.77. The summed E-state index contributed by atoms with van der Waals surface area (Å²) in [5, 5.41) is 9.31. The van der Waals surface area contributed by atoms with E-state index in [1.54, 1.807) is 42.5 Å². The van der Waals surface area contributed by atoms with Crippen LogP contribution in [0, 0.1) is 0 Å². The molecule has 7 heteroatoms. The quantitative estimate of drug-likeness (QED) is 0.531. The van der Waals surface area contributed by atoms with Crippen molar-refractivity contribution in [1.82, 2.24) is 0 Å². The van der Waals surface area contributed by atoms with E-state index in [0.29, 0.717) is 36.3 Å². The molecular formula is C23H23NO5S. The summed E-state index contributed by atoms with van der Waals surface area (Å²) in [7, 11) is -2.29. The van der Waals surface area contributed by atoms with E-state index >= 15 is 0 Å². The van der Waals surface area contributed by atoms with Gasteiger partial charge < -0.3 is 9.84 Å². The number of benzene rings is 3. The number of carbonyl (C=O) groups is 1. The summed E-state index contributed by atoms with van der Waals surface area (Å²) >= 11 is 0. The van der Waals surface area contributed by atoms with Crippen molar-refractivity contribution in [3.05, 3.63) is 89.5 Å². The number of aryl methyl sites for hydroxylation is 2. The standard InChI is InChI=1S/C23H23NO5S/c1-29-19-12-7-13-20(16-19)30(27,28)24-22-15-5-3-9-18(22)11-6-10-17-8-2-4-14-21(17)23(25)26/h2-5,7-9,12-16,24H,6,10-11H2,1H3,(H,25,26). The van der Waals surface area contributed by atoms with Crippen molar-refractivity contribution in [2.75, 3.05) is 11.8 Å². The highest BCUT2D eigenvalue weighted by Gasteiger charge is 2.17. The Labute approximate surface area is 176 Å². The molecule has 0 bridgehead atoms. The van der Waals surface area contributed by atoms with Crippen LogP contribution in [0.1, 0.15) is 27.9 Å². The Bertz CT molecular complexity index is 1140. The molecule has 2 N–H and O–H groups in total. The molecule has 0 aromatic heterocycles. The fourth-order valence-corrected chi connectivity index (χ4v) is 4.36. The molecule has 0 radical (unpaired) electrons. The van der Waals surface area contributed by atoms with Gasteiger partial charge in [-0.1, -0.05) is 42.5 Å². The number of carboxylic acid groups (broad SMARTS) is 1. The summed E-state index contributed by atoms with van der Waals surface area (Å²) in [5.74, 6) is -0.486. The van der Waals surface area contributed by atoms with E-state index in [9.17, 15) is 18.3 Å². The SMILES string of the molecule is COc1cccc(S(=O)(=O)Nc2ccccc2CCCc2ccccc2C(=O)O)c1. The van der Waals surface area contributed by atoms with Crippen LogP contribution in [-0.4, -0.2) is 26.6 Å². The summed E-state index contributed by atoms with van der Waals surface area (Å²) in [6, 6.07) is 20.4. The lowest BCUT2D eigenvalue weighted by molar-refractivity contribution is 0.0695. The number of hydrogen-bond acceptors (Lipinski definition) is 4. The summed E-state index contributed by atoms with van der Waals surface area (Å²) in [6.07, 6.45) is 1.87. The first-order chi connectivity index (χ1) is 14.4. The minimum absolute atomic E-state index is 0.118. The number of para-hydroxylation sites is 1. The van der Waals surface area contributed by atoms with E-state index in [0.717, 1.165) is 11.1 Å². The second-order valence-corrected chi connectivity index (χ2v) is 8.44. The van der Waals surface area contributed by atoms with E-state index in [4.69, 9.17) is 4.74 Å². The molecule has 0 aliphatic rings. The smallest absolute Gasteiger partial charge is 0.335 e. The van der Waals surface area contributed by atoms with Crippen LogP contribution < -0.4 is 9.46 Å². The van der Waals surface area contributed by atoms with Crippen LogP contribution in [0.2, 0.25) is 0 Å². The van der Waals surface area contributed by atoms with Crippen molar-refractivity contribution in [3.63, 3.8) is 0 Å². The lowest BCUT2D eigenvalue weighted by Gasteiger charge is -2.13. The van der Waals surface area contributed by atoms with Crippen molar-refractivity contribution in [2.45, 2.75) is 24.2 Å². The maximum absolute atomic E-state index is 12.8. The van der Waals surface area contributed by atoms with Gasteiger partial charge in [0.1, 0.15) is 5.75 Å². The van der Waals surface area contributed by atoms with Crippen LogP contribution in [0.5, 0.6) is 5.75 Å². The molecule has 0 spiro atoms. The van der Waals surface area contributed by atoms with Gasteiger partial charge in [-0.25, -0.2) is 13.2 Å². The van der Waals surface area contributed by atoms with Crippen LogP contribution >= 0.6 is 0 Å². The number of nitrogens with one attached hydrogen (secondary N) is 1. The Balaban J connectivity index is 1.74. The summed E-state index contributed by atoms with van der Waals surface area (Å²) < 4.78 is 33.4. The zero-order valence-corrected chi connectivity index (χ0v) is 17.4. The third-order valence-corrected chi connectivity index (χ3v) is 6.12. The topological polar surface area (TPSA) is 92.7 Å². The average molecular weight is 426 g/mol. The molecule has 0 fully saturated rings. The fourth-order valence-electron chi connectivity index (χ4n) is 3.23. The number of carboxylic acids is 1. The predicted molar refractivity (Wildman–Crippen MR) is 116 cm³/mol. The largest absolute Gasteiger partial charge is 0.497 e. The zero-order chi connectivity index (χ0) is 21.6. The maximum atomic E-state index is 12.8. The lowest BCUT2D eigenvalue weighted by Crippen LogP contribution is -2.14. The van der Waals surface area contributed by atoms with Gasteiger partial charge in [0.25, 0.3) is 10.0 Å². The molecule has 0 aliphatic carbocycles. The highest BCUT2D eigenvalue weighted by atomic mass is 32.2. The number of sulfonamides is 1. The van der Waals surface area contributed by atoms with Crippen LogP contribution in [-0.2, 0) is 22.9 Å². The predicted octanol–water partition coefficient (Wildman–Crippen LogP) is 4.37. The fraction of sp³-hybridized carbons (Fsp3) is 0.174. The van der Waals surface area contributed by atoms with Crippen molar-refractivity contribution in [3.8, 4) is 5.75 Å². The summed E-state index contributed by atoms with van der Waals surface area (Å²) in [5.41, 5.74) is 2.41. The Hall–Kier alpha value is -3.32. The summed E-state index contributed by atoms with van der Waals surface area (Å²) in [4.78, 5) is 11.5. The van der Waals surface area contributed by atoms with E-state index in [1.807, 2.05) is 18.2 Å². The lowest BCUT2D eigenvalue weighted by atomic mass is 9.99. The van der Waals surface area contributed by atoms with Gasteiger partial charge in [-0.15, -0.1) is 0 Å². The first-order valence-electron chi connectivity index (χ1n) is 9.46. The second-order valence-electron chi connectivity index (χ2n) is 6.76. The number of ether oxygens (including phenoxy) is 1. The molecule has 156 valence electrons. The third-order valence-electron chi connectivity index (χ3n) is 4.75. The van der Waals surface area contributed by atoms with E-state index < -0.39 is 16.0 Å². The Morgan fingerprint density at radius 2 is 1.60 bits per heavy atom. The van der Waals surface area contributed by atoms with Crippen LogP contribution in [0.25, 0.3) is 0 Å². The van der Waals surface area contributed by atoms with Gasteiger partial charge >= 0.3 is 5.97 Å². The Kier molecular flexibility index (Phi) is 6.74. The second kappa shape index (κ2) is 9.45. The van der Waals surface area contributed by atoms with Gasteiger partial charge in [0.05, 0.1) is 23.3 Å². The van der Waals surface area contributed by atoms with Gasteiger partial charge in [0.2, 0.25) is 0 Å². The monoisotopic (exact) mass is 425 g/mol. The van der Waals surface area contributed by atoms with Gasteiger partial charge in [-0.2, -0.15) is 0 Å². The normalized spacial score (nSPS) is 11.1. The van der Waals surface area contributed by atoms with Gasteiger partial charge in [-0.05, 0) is 54.7 Å². The molecule has 0 amide bonds. The van der Waals surface area contributed by atoms with E-state index in [-0.39, 0.29) is 4.90 Å². The molecule has 0 unspecified atom stereocenters. The Morgan fingerprint density at radius 1 is 0.933 bits per heavy atom. The van der Waals surface area contributed by atoms with Crippen molar-refractivity contribution >= 4 is 21.7 Å².